The summed E-state index contributed by atoms with van der Waals surface area (Å²) in [6.45, 7) is 1.97. The average molecular weight is 279 g/mol. The zero-order valence-corrected chi connectivity index (χ0v) is 10.9. The van der Waals surface area contributed by atoms with Crippen molar-refractivity contribution in [1.29, 1.82) is 0 Å². The van der Waals surface area contributed by atoms with Gasteiger partial charge in [0.2, 0.25) is 0 Å². The highest BCUT2D eigenvalue weighted by atomic mass is 35.5. The molecule has 0 saturated heterocycles. The lowest BCUT2D eigenvalue weighted by atomic mass is 10.1. The minimum atomic E-state index is 0.391. The third kappa shape index (κ3) is 1.94. The summed E-state index contributed by atoms with van der Waals surface area (Å²) in [6, 6.07) is 9.13. The highest BCUT2D eigenvalue weighted by Crippen LogP contribution is 2.23. The summed E-state index contributed by atoms with van der Waals surface area (Å²) in [5.74, 6) is 0.623. The molecule has 0 amide bonds. The van der Waals surface area contributed by atoms with Gasteiger partial charge in [-0.05, 0) is 42.8 Å². The third-order valence-corrected chi connectivity index (χ3v) is 2.95. The van der Waals surface area contributed by atoms with Crippen molar-refractivity contribution < 1.29 is 0 Å². The molecular formula is C12H8Cl2N4. The molecule has 0 spiro atoms. The Bertz CT molecular complexity index is 716. The van der Waals surface area contributed by atoms with E-state index >= 15 is 0 Å². The first-order valence-corrected chi connectivity index (χ1v) is 6.04. The number of aromatic nitrogens is 4. The van der Waals surface area contributed by atoms with Crippen LogP contribution in [0.3, 0.4) is 0 Å². The predicted octanol–water partition coefficient (Wildman–Crippen LogP) is 3.41. The van der Waals surface area contributed by atoms with Gasteiger partial charge in [0.15, 0.2) is 11.5 Å². The van der Waals surface area contributed by atoms with Gasteiger partial charge < -0.3 is 0 Å². The van der Waals surface area contributed by atoms with E-state index in [1.165, 1.54) is 0 Å². The lowest BCUT2D eigenvalue weighted by Gasteiger charge is -2.02. The SMILES string of the molecule is Cc1cc(Cl)cc(-c2nnc3ccc(Cl)nn23)c1. The second-order valence-electron chi connectivity index (χ2n) is 3.97. The van der Waals surface area contributed by atoms with Crippen molar-refractivity contribution in [1.82, 2.24) is 19.8 Å². The Morgan fingerprint density at radius 3 is 2.67 bits per heavy atom. The molecule has 6 heteroatoms. The monoisotopic (exact) mass is 278 g/mol. The van der Waals surface area contributed by atoms with Crippen molar-refractivity contribution in [2.45, 2.75) is 6.92 Å². The Labute approximate surface area is 113 Å². The first-order chi connectivity index (χ1) is 8.63. The van der Waals surface area contributed by atoms with Gasteiger partial charge in [0, 0.05) is 10.6 Å². The third-order valence-electron chi connectivity index (χ3n) is 2.53. The van der Waals surface area contributed by atoms with Crippen LogP contribution in [0.25, 0.3) is 17.0 Å². The molecule has 2 heterocycles. The lowest BCUT2D eigenvalue weighted by molar-refractivity contribution is 0.936. The largest absolute Gasteiger partial charge is 0.191 e. The fourth-order valence-electron chi connectivity index (χ4n) is 1.81. The Hall–Kier alpha value is -1.65. The molecule has 0 aliphatic heterocycles. The predicted molar refractivity (Wildman–Crippen MR) is 71.0 cm³/mol. The van der Waals surface area contributed by atoms with E-state index in [0.717, 1.165) is 11.1 Å². The van der Waals surface area contributed by atoms with Gasteiger partial charge in [-0.1, -0.05) is 23.2 Å². The van der Waals surface area contributed by atoms with E-state index in [4.69, 9.17) is 23.2 Å². The number of hydrogen-bond donors (Lipinski definition) is 0. The zero-order valence-electron chi connectivity index (χ0n) is 9.43. The number of nitrogens with zero attached hydrogens (tertiary/aromatic N) is 4. The molecule has 18 heavy (non-hydrogen) atoms. The summed E-state index contributed by atoms with van der Waals surface area (Å²) in [7, 11) is 0. The minimum Gasteiger partial charge on any atom is -0.191 e. The van der Waals surface area contributed by atoms with Crippen molar-refractivity contribution in [3.05, 3.63) is 46.1 Å². The van der Waals surface area contributed by atoms with E-state index < -0.39 is 0 Å². The van der Waals surface area contributed by atoms with Gasteiger partial charge in [-0.2, -0.15) is 9.61 Å². The highest BCUT2D eigenvalue weighted by Gasteiger charge is 2.10. The van der Waals surface area contributed by atoms with Crippen LogP contribution in [0.4, 0.5) is 0 Å². The van der Waals surface area contributed by atoms with Crippen LogP contribution in [0.2, 0.25) is 10.2 Å². The zero-order chi connectivity index (χ0) is 12.7. The van der Waals surface area contributed by atoms with Gasteiger partial charge in [0.1, 0.15) is 5.15 Å². The fourth-order valence-corrected chi connectivity index (χ4v) is 2.24. The van der Waals surface area contributed by atoms with Gasteiger partial charge >= 0.3 is 0 Å². The van der Waals surface area contributed by atoms with Gasteiger partial charge in [0.25, 0.3) is 0 Å². The minimum absolute atomic E-state index is 0.391. The fraction of sp³-hybridized carbons (Fsp3) is 0.0833. The molecule has 4 nitrogen and oxygen atoms in total. The maximum absolute atomic E-state index is 6.05. The Balaban J connectivity index is 2.27. The number of halogens is 2. The Morgan fingerprint density at radius 1 is 1.06 bits per heavy atom. The first kappa shape index (κ1) is 11.4. The van der Waals surface area contributed by atoms with E-state index in [2.05, 4.69) is 15.3 Å². The molecule has 0 aliphatic carbocycles. The summed E-state index contributed by atoms with van der Waals surface area (Å²) < 4.78 is 1.60. The molecule has 0 unspecified atom stereocenters. The van der Waals surface area contributed by atoms with Crippen molar-refractivity contribution in [3.8, 4) is 11.4 Å². The molecule has 0 aliphatic rings. The van der Waals surface area contributed by atoms with E-state index in [9.17, 15) is 0 Å². The normalized spacial score (nSPS) is 11.1. The van der Waals surface area contributed by atoms with Gasteiger partial charge in [-0.25, -0.2) is 0 Å². The number of fused-ring (bicyclic) bond motifs is 1. The maximum Gasteiger partial charge on any atom is 0.185 e. The number of hydrogen-bond acceptors (Lipinski definition) is 3. The molecule has 1 aromatic carbocycles. The second kappa shape index (κ2) is 4.23. The van der Waals surface area contributed by atoms with Gasteiger partial charge in [-0.15, -0.1) is 10.2 Å². The molecule has 0 fully saturated rings. The molecule has 0 atom stereocenters. The van der Waals surface area contributed by atoms with Crippen molar-refractivity contribution >= 4 is 28.8 Å². The van der Waals surface area contributed by atoms with E-state index in [1.807, 2.05) is 25.1 Å². The van der Waals surface area contributed by atoms with Crippen LogP contribution in [-0.4, -0.2) is 19.8 Å². The van der Waals surface area contributed by atoms with Crippen LogP contribution in [0, 0.1) is 6.92 Å². The molecule has 0 bridgehead atoms. The molecule has 3 aromatic rings. The van der Waals surface area contributed by atoms with Crippen LogP contribution in [-0.2, 0) is 0 Å². The smallest absolute Gasteiger partial charge is 0.185 e. The highest BCUT2D eigenvalue weighted by molar-refractivity contribution is 6.31. The van der Waals surface area contributed by atoms with Crippen LogP contribution < -0.4 is 0 Å². The number of rotatable bonds is 1. The van der Waals surface area contributed by atoms with Gasteiger partial charge in [-0.3, -0.25) is 0 Å². The quantitative estimate of drug-likeness (QED) is 0.685. The van der Waals surface area contributed by atoms with E-state index in [1.54, 1.807) is 16.6 Å². The van der Waals surface area contributed by atoms with Crippen LogP contribution in [0.1, 0.15) is 5.56 Å². The Morgan fingerprint density at radius 2 is 1.89 bits per heavy atom. The average Bonchev–Trinajstić information content (AvgIpc) is 2.70. The van der Waals surface area contributed by atoms with Gasteiger partial charge in [0.05, 0.1) is 0 Å². The Kier molecular flexibility index (Phi) is 2.69. The van der Waals surface area contributed by atoms with E-state index in [0.29, 0.717) is 21.6 Å². The van der Waals surface area contributed by atoms with Crippen LogP contribution in [0.15, 0.2) is 30.3 Å². The van der Waals surface area contributed by atoms with Crippen molar-refractivity contribution in [2.24, 2.45) is 0 Å². The standard InChI is InChI=1S/C12H8Cl2N4/c1-7-4-8(6-9(13)5-7)12-16-15-11-3-2-10(14)17-18(11)12/h2-6H,1H3. The van der Waals surface area contributed by atoms with Crippen molar-refractivity contribution in [2.75, 3.05) is 0 Å². The van der Waals surface area contributed by atoms with Crippen LogP contribution >= 0.6 is 23.2 Å². The number of aryl methyl sites for hydroxylation is 1. The van der Waals surface area contributed by atoms with Crippen molar-refractivity contribution in [3.63, 3.8) is 0 Å². The first-order valence-electron chi connectivity index (χ1n) is 5.29. The maximum atomic E-state index is 6.05. The number of benzene rings is 1. The summed E-state index contributed by atoms with van der Waals surface area (Å²) in [6.07, 6.45) is 0. The van der Waals surface area contributed by atoms with E-state index in [-0.39, 0.29) is 0 Å². The molecule has 0 saturated carbocycles. The molecular weight excluding hydrogens is 271 g/mol. The summed E-state index contributed by atoms with van der Waals surface area (Å²) in [5.41, 5.74) is 2.56. The molecule has 3 rings (SSSR count). The molecule has 2 aromatic heterocycles. The molecule has 90 valence electrons. The molecule has 0 N–H and O–H groups in total. The summed E-state index contributed by atoms with van der Waals surface area (Å²) in [4.78, 5) is 0. The summed E-state index contributed by atoms with van der Waals surface area (Å²) in [5, 5.41) is 13.4. The molecule has 0 radical (unpaired) electrons. The second-order valence-corrected chi connectivity index (χ2v) is 4.79. The topological polar surface area (TPSA) is 43.1 Å². The summed E-state index contributed by atoms with van der Waals surface area (Å²) >= 11 is 11.9. The van der Waals surface area contributed by atoms with Crippen LogP contribution in [0.5, 0.6) is 0 Å². The lowest BCUT2D eigenvalue weighted by Crippen LogP contribution is -1.95.